The molecular formula is C22H31N3O2S. The first-order valence-corrected chi connectivity index (χ1v) is 11.2. The fraction of sp³-hybridized carbons (Fsp3) is 0.545. The van der Waals surface area contributed by atoms with Crippen LogP contribution in [0.5, 0.6) is 0 Å². The average Bonchev–Trinajstić information content (AvgIpc) is 3.18. The molecule has 1 fully saturated rings. The van der Waals surface area contributed by atoms with Gasteiger partial charge in [-0.05, 0) is 42.9 Å². The minimum absolute atomic E-state index is 0.0333. The molecule has 1 heterocycles. The van der Waals surface area contributed by atoms with Crippen molar-refractivity contribution in [3.8, 4) is 0 Å². The van der Waals surface area contributed by atoms with Crippen molar-refractivity contribution in [2.45, 2.75) is 50.2 Å². The van der Waals surface area contributed by atoms with E-state index in [0.29, 0.717) is 18.7 Å². The zero-order valence-corrected chi connectivity index (χ0v) is 17.5. The van der Waals surface area contributed by atoms with E-state index in [1.807, 2.05) is 48.4 Å². The van der Waals surface area contributed by atoms with Gasteiger partial charge in [-0.15, -0.1) is 0 Å². The third kappa shape index (κ3) is 6.38. The van der Waals surface area contributed by atoms with Crippen LogP contribution in [0.1, 0.15) is 54.4 Å². The molecule has 5 nitrogen and oxygen atoms in total. The molecule has 152 valence electrons. The first kappa shape index (κ1) is 20.9. The lowest BCUT2D eigenvalue weighted by molar-refractivity contribution is 0.0948. The molecule has 0 spiro atoms. The van der Waals surface area contributed by atoms with Gasteiger partial charge in [0.15, 0.2) is 5.16 Å². The molecule has 1 aromatic heterocycles. The summed E-state index contributed by atoms with van der Waals surface area (Å²) >= 11 is 1.88. The zero-order valence-electron chi connectivity index (χ0n) is 16.7. The number of carbonyl (C=O) groups excluding carboxylic acids is 1. The minimum atomic E-state index is -0.0333. The Hall–Kier alpha value is -1.79. The number of hydrogen-bond donors (Lipinski definition) is 1. The fourth-order valence-corrected chi connectivity index (χ4v) is 4.73. The fourth-order valence-electron chi connectivity index (χ4n) is 3.58. The van der Waals surface area contributed by atoms with Crippen LogP contribution in [0.4, 0.5) is 0 Å². The van der Waals surface area contributed by atoms with Gasteiger partial charge < -0.3 is 14.6 Å². The first-order valence-electron chi connectivity index (χ1n) is 10.3. The van der Waals surface area contributed by atoms with Crippen molar-refractivity contribution in [1.29, 1.82) is 0 Å². The number of methoxy groups -OCH3 is 1. The molecule has 1 N–H and O–H groups in total. The van der Waals surface area contributed by atoms with Gasteiger partial charge in [0.2, 0.25) is 0 Å². The van der Waals surface area contributed by atoms with E-state index in [4.69, 9.17) is 4.74 Å². The summed E-state index contributed by atoms with van der Waals surface area (Å²) in [5.74, 6) is 1.97. The third-order valence-corrected chi connectivity index (χ3v) is 6.47. The average molecular weight is 402 g/mol. The van der Waals surface area contributed by atoms with Gasteiger partial charge in [-0.25, -0.2) is 4.98 Å². The van der Waals surface area contributed by atoms with Crippen LogP contribution < -0.4 is 5.32 Å². The Morgan fingerprint density at radius 1 is 1.25 bits per heavy atom. The molecule has 1 amide bonds. The maximum absolute atomic E-state index is 12.2. The van der Waals surface area contributed by atoms with Crippen molar-refractivity contribution in [1.82, 2.24) is 14.9 Å². The van der Waals surface area contributed by atoms with Gasteiger partial charge in [-0.3, -0.25) is 4.79 Å². The van der Waals surface area contributed by atoms with Gasteiger partial charge >= 0.3 is 0 Å². The largest absolute Gasteiger partial charge is 0.385 e. The Balaban J connectivity index is 1.50. The topological polar surface area (TPSA) is 56.1 Å². The molecule has 0 aliphatic heterocycles. The standard InChI is InChI=1S/C22H31N3O2S/c1-27-15-5-12-23-21(26)20-10-8-18(9-11-20)16-25-14-13-24-22(25)28-17-19-6-3-2-4-7-19/h8-11,13-14,19H,2-7,12,15-17H2,1H3,(H,23,26). The number of nitrogens with zero attached hydrogens (tertiary/aromatic N) is 2. The Bertz CT molecular complexity index is 724. The van der Waals surface area contributed by atoms with Gasteiger partial charge in [0, 0.05) is 50.5 Å². The number of imidazole rings is 1. The number of benzene rings is 1. The smallest absolute Gasteiger partial charge is 0.251 e. The second-order valence-electron chi connectivity index (χ2n) is 7.45. The van der Waals surface area contributed by atoms with Crippen LogP contribution >= 0.6 is 11.8 Å². The molecule has 0 saturated heterocycles. The summed E-state index contributed by atoms with van der Waals surface area (Å²) in [5, 5.41) is 4.01. The van der Waals surface area contributed by atoms with Crippen molar-refractivity contribution in [3.63, 3.8) is 0 Å². The predicted molar refractivity (Wildman–Crippen MR) is 114 cm³/mol. The SMILES string of the molecule is COCCCNC(=O)c1ccc(Cn2ccnc2SCC2CCCCC2)cc1. The van der Waals surface area contributed by atoms with Crippen LogP contribution in [0.3, 0.4) is 0 Å². The van der Waals surface area contributed by atoms with Crippen molar-refractivity contribution >= 4 is 17.7 Å². The summed E-state index contributed by atoms with van der Waals surface area (Å²) in [4.78, 5) is 16.7. The van der Waals surface area contributed by atoms with Crippen molar-refractivity contribution in [2.24, 2.45) is 5.92 Å². The Kier molecular flexibility index (Phi) is 8.42. The lowest BCUT2D eigenvalue weighted by Crippen LogP contribution is -2.25. The number of hydrogen-bond acceptors (Lipinski definition) is 4. The summed E-state index contributed by atoms with van der Waals surface area (Å²) in [6.07, 6.45) is 11.6. The highest BCUT2D eigenvalue weighted by Gasteiger charge is 2.15. The molecular weight excluding hydrogens is 370 g/mol. The Labute approximate surface area is 172 Å². The summed E-state index contributed by atoms with van der Waals surface area (Å²) in [6.45, 7) is 2.07. The van der Waals surface area contributed by atoms with Crippen molar-refractivity contribution < 1.29 is 9.53 Å². The van der Waals surface area contributed by atoms with Gasteiger partial charge in [-0.2, -0.15) is 0 Å². The first-order chi connectivity index (χ1) is 13.8. The number of nitrogens with one attached hydrogen (secondary N) is 1. The number of aromatic nitrogens is 2. The van der Waals surface area contributed by atoms with Crippen molar-refractivity contribution in [2.75, 3.05) is 26.0 Å². The second kappa shape index (κ2) is 11.3. The van der Waals surface area contributed by atoms with Crippen LogP contribution in [-0.2, 0) is 11.3 Å². The highest BCUT2D eigenvalue weighted by atomic mass is 32.2. The van der Waals surface area contributed by atoms with E-state index >= 15 is 0 Å². The highest BCUT2D eigenvalue weighted by Crippen LogP contribution is 2.29. The molecule has 6 heteroatoms. The van der Waals surface area contributed by atoms with E-state index in [-0.39, 0.29) is 5.91 Å². The summed E-state index contributed by atoms with van der Waals surface area (Å²) in [7, 11) is 1.67. The molecule has 1 aliphatic rings. The van der Waals surface area contributed by atoms with Gasteiger partial charge in [-0.1, -0.05) is 43.2 Å². The molecule has 0 radical (unpaired) electrons. The summed E-state index contributed by atoms with van der Waals surface area (Å²) in [5.41, 5.74) is 1.87. The summed E-state index contributed by atoms with van der Waals surface area (Å²) in [6, 6.07) is 7.85. The van der Waals surface area contributed by atoms with Crippen LogP contribution in [0.25, 0.3) is 0 Å². The van der Waals surface area contributed by atoms with Crippen LogP contribution in [0.15, 0.2) is 41.8 Å². The molecule has 1 aliphatic carbocycles. The molecule has 0 bridgehead atoms. The van der Waals surface area contributed by atoms with Gasteiger partial charge in [0.25, 0.3) is 5.91 Å². The quantitative estimate of drug-likeness (QED) is 0.474. The highest BCUT2D eigenvalue weighted by molar-refractivity contribution is 7.99. The molecule has 1 aromatic carbocycles. The van der Waals surface area contributed by atoms with E-state index in [1.165, 1.54) is 43.4 Å². The molecule has 2 aromatic rings. The maximum atomic E-state index is 12.2. The second-order valence-corrected chi connectivity index (χ2v) is 8.44. The van der Waals surface area contributed by atoms with Crippen LogP contribution in [0, 0.1) is 5.92 Å². The lowest BCUT2D eigenvalue weighted by Gasteiger charge is -2.20. The Morgan fingerprint density at radius 2 is 2.04 bits per heavy atom. The van der Waals surface area contributed by atoms with Gasteiger partial charge in [0.1, 0.15) is 0 Å². The van der Waals surface area contributed by atoms with Gasteiger partial charge in [0.05, 0.1) is 0 Å². The third-order valence-electron chi connectivity index (χ3n) is 5.23. The number of carbonyl (C=O) groups is 1. The maximum Gasteiger partial charge on any atom is 0.251 e. The summed E-state index contributed by atoms with van der Waals surface area (Å²) < 4.78 is 7.20. The number of amides is 1. The molecule has 3 rings (SSSR count). The van der Waals surface area contributed by atoms with E-state index < -0.39 is 0 Å². The molecule has 0 unspecified atom stereocenters. The molecule has 0 atom stereocenters. The molecule has 28 heavy (non-hydrogen) atoms. The van der Waals surface area contributed by atoms with E-state index in [0.717, 1.165) is 24.0 Å². The number of rotatable bonds is 10. The lowest BCUT2D eigenvalue weighted by atomic mass is 9.91. The van der Waals surface area contributed by atoms with Crippen LogP contribution in [-0.4, -0.2) is 41.5 Å². The van der Waals surface area contributed by atoms with E-state index in [1.54, 1.807) is 7.11 Å². The number of ether oxygens (including phenoxy) is 1. The van der Waals surface area contributed by atoms with E-state index in [2.05, 4.69) is 14.9 Å². The zero-order chi connectivity index (χ0) is 19.6. The van der Waals surface area contributed by atoms with Crippen LogP contribution in [0.2, 0.25) is 0 Å². The molecule has 1 saturated carbocycles. The monoisotopic (exact) mass is 401 g/mol. The minimum Gasteiger partial charge on any atom is -0.385 e. The Morgan fingerprint density at radius 3 is 2.79 bits per heavy atom. The van der Waals surface area contributed by atoms with E-state index in [9.17, 15) is 4.79 Å². The predicted octanol–water partition coefficient (Wildman–Crippen LogP) is 4.37. The normalized spacial score (nSPS) is 14.9. The number of thioether (sulfide) groups is 1. The van der Waals surface area contributed by atoms with Crippen molar-refractivity contribution in [3.05, 3.63) is 47.8 Å².